The molecule has 0 saturated carbocycles. The molecule has 1 radical (unpaired) electrons. The Kier molecular flexibility index (Phi) is 1.56. The maximum Gasteiger partial charge on any atom is 0.0628 e. The molecule has 49 valence electrons. The number of hydrogen-bond donors (Lipinski definition) is 0. The van der Waals surface area contributed by atoms with Crippen molar-refractivity contribution in [1.29, 1.82) is 0 Å². The first-order chi connectivity index (χ1) is 4.20. The van der Waals surface area contributed by atoms with E-state index in [0.29, 0.717) is 6.04 Å². The Bertz CT molecular complexity index is 189. The molecule has 2 nitrogen and oxygen atoms in total. The highest BCUT2D eigenvalue weighted by Crippen LogP contribution is 2.01. The van der Waals surface area contributed by atoms with Crippen LogP contribution in [-0.2, 0) is 0 Å². The highest BCUT2D eigenvalue weighted by atomic mass is 15.3. The minimum absolute atomic E-state index is 0.445. The maximum absolute atomic E-state index is 4.12. The van der Waals surface area contributed by atoms with E-state index < -0.39 is 0 Å². The molecule has 0 aliphatic carbocycles. The summed E-state index contributed by atoms with van der Waals surface area (Å²) >= 11 is 0. The minimum Gasteiger partial charge on any atom is -0.270 e. The third-order valence-electron chi connectivity index (χ3n) is 1.19. The average Bonchev–Trinajstić information content (AvgIpc) is 2.14. The van der Waals surface area contributed by atoms with Crippen molar-refractivity contribution in [2.75, 3.05) is 0 Å². The van der Waals surface area contributed by atoms with Crippen molar-refractivity contribution >= 4 is 0 Å². The van der Waals surface area contributed by atoms with Gasteiger partial charge < -0.3 is 0 Å². The van der Waals surface area contributed by atoms with Crippen LogP contribution >= 0.6 is 0 Å². The molecule has 1 aromatic heterocycles. The van der Waals surface area contributed by atoms with Crippen LogP contribution in [0.1, 0.15) is 25.6 Å². The summed E-state index contributed by atoms with van der Waals surface area (Å²) in [4.78, 5) is 0. The van der Waals surface area contributed by atoms with Gasteiger partial charge in [0.05, 0.1) is 5.69 Å². The number of rotatable bonds is 1. The molecular weight excluding hydrogens is 112 g/mol. The van der Waals surface area contributed by atoms with Gasteiger partial charge >= 0.3 is 0 Å². The second kappa shape index (κ2) is 2.21. The van der Waals surface area contributed by atoms with Gasteiger partial charge in [0.2, 0.25) is 0 Å². The molecule has 0 N–H and O–H groups in total. The van der Waals surface area contributed by atoms with E-state index in [0.717, 1.165) is 5.69 Å². The van der Waals surface area contributed by atoms with Crippen molar-refractivity contribution in [2.45, 2.75) is 19.9 Å². The van der Waals surface area contributed by atoms with E-state index in [1.54, 1.807) is 0 Å². The summed E-state index contributed by atoms with van der Waals surface area (Å²) in [7, 11) is 0. The minimum atomic E-state index is 0.445. The molecule has 9 heavy (non-hydrogen) atoms. The summed E-state index contributed by atoms with van der Waals surface area (Å²) in [5.74, 6) is 0. The second-order valence-electron chi connectivity index (χ2n) is 2.38. The molecule has 0 aliphatic rings. The van der Waals surface area contributed by atoms with Gasteiger partial charge in [-0.3, -0.25) is 4.68 Å². The van der Waals surface area contributed by atoms with Gasteiger partial charge in [0.15, 0.2) is 0 Å². The lowest BCUT2D eigenvalue weighted by Gasteiger charge is -2.02. The molecule has 1 aromatic rings. The molecule has 0 atom stereocenters. The lowest BCUT2D eigenvalue weighted by Crippen LogP contribution is -2.00. The predicted molar refractivity (Wildman–Crippen MR) is 37.1 cm³/mol. The zero-order valence-corrected chi connectivity index (χ0v) is 5.83. The molecule has 1 heterocycles. The Labute approximate surface area is 55.5 Å². The van der Waals surface area contributed by atoms with E-state index >= 15 is 0 Å². The summed E-state index contributed by atoms with van der Waals surface area (Å²) in [5, 5.41) is 4.12. The normalized spacial score (nSPS) is 10.7. The average molecular weight is 123 g/mol. The van der Waals surface area contributed by atoms with E-state index in [-0.39, 0.29) is 0 Å². The van der Waals surface area contributed by atoms with E-state index in [4.69, 9.17) is 0 Å². The summed E-state index contributed by atoms with van der Waals surface area (Å²) in [6.45, 7) is 7.87. The monoisotopic (exact) mass is 123 g/mol. The predicted octanol–water partition coefficient (Wildman–Crippen LogP) is 1.65. The Morgan fingerprint density at radius 1 is 1.67 bits per heavy atom. The van der Waals surface area contributed by atoms with Crippen molar-refractivity contribution in [3.8, 4) is 0 Å². The maximum atomic E-state index is 4.12. The molecule has 1 rings (SSSR count). The fourth-order valence-corrected chi connectivity index (χ4v) is 0.665. The molecule has 0 unspecified atom stereocenters. The molecule has 0 fully saturated rings. The van der Waals surface area contributed by atoms with Gasteiger partial charge in [-0.2, -0.15) is 5.10 Å². The van der Waals surface area contributed by atoms with Crippen LogP contribution in [0.25, 0.3) is 0 Å². The molecule has 0 saturated heterocycles. The smallest absolute Gasteiger partial charge is 0.0628 e. The van der Waals surface area contributed by atoms with E-state index in [2.05, 4.69) is 25.9 Å². The van der Waals surface area contributed by atoms with Crippen molar-refractivity contribution in [3.05, 3.63) is 24.9 Å². The van der Waals surface area contributed by atoms with Gasteiger partial charge in [-0.05, 0) is 26.8 Å². The third-order valence-corrected chi connectivity index (χ3v) is 1.19. The van der Waals surface area contributed by atoms with E-state index in [1.165, 1.54) is 0 Å². The zero-order chi connectivity index (χ0) is 6.85. The van der Waals surface area contributed by atoms with Crippen molar-refractivity contribution in [3.63, 3.8) is 0 Å². The third kappa shape index (κ3) is 1.31. The first-order valence-electron chi connectivity index (χ1n) is 3.07. The van der Waals surface area contributed by atoms with Crippen molar-refractivity contribution in [2.24, 2.45) is 0 Å². The second-order valence-corrected chi connectivity index (χ2v) is 2.38. The molecule has 0 amide bonds. The van der Waals surface area contributed by atoms with Crippen LogP contribution in [0, 0.1) is 6.92 Å². The Morgan fingerprint density at radius 2 is 2.33 bits per heavy atom. The molecular formula is C7H11N2. The first kappa shape index (κ1) is 6.33. The van der Waals surface area contributed by atoms with Crippen LogP contribution in [0.4, 0.5) is 0 Å². The fourth-order valence-electron chi connectivity index (χ4n) is 0.665. The lowest BCUT2D eigenvalue weighted by molar-refractivity contribution is 0.530. The molecule has 0 bridgehead atoms. The van der Waals surface area contributed by atoms with Crippen LogP contribution in [0.15, 0.2) is 12.3 Å². The van der Waals surface area contributed by atoms with E-state index in [1.807, 2.05) is 16.9 Å². The summed E-state index contributed by atoms with van der Waals surface area (Å²) in [5.41, 5.74) is 0.837. The van der Waals surface area contributed by atoms with Crippen molar-refractivity contribution in [1.82, 2.24) is 9.78 Å². The summed E-state index contributed by atoms with van der Waals surface area (Å²) < 4.78 is 1.89. The van der Waals surface area contributed by atoms with Gasteiger partial charge in [0.1, 0.15) is 0 Å². The summed E-state index contributed by atoms with van der Waals surface area (Å²) in [6.07, 6.45) is 1.94. The standard InChI is InChI=1S/C7H11N2/c1-6(2)9-5-4-7(3)8-9/h4-6H,3H2,1-2H3. The topological polar surface area (TPSA) is 17.8 Å². The van der Waals surface area contributed by atoms with Crippen molar-refractivity contribution < 1.29 is 0 Å². The Morgan fingerprint density at radius 3 is 2.56 bits per heavy atom. The van der Waals surface area contributed by atoms with E-state index in [9.17, 15) is 0 Å². The largest absolute Gasteiger partial charge is 0.270 e. The highest BCUT2D eigenvalue weighted by Gasteiger charge is 1.95. The lowest BCUT2D eigenvalue weighted by atomic mass is 10.4. The van der Waals surface area contributed by atoms with Crippen LogP contribution in [0.3, 0.4) is 0 Å². The first-order valence-corrected chi connectivity index (χ1v) is 3.07. The number of aromatic nitrogens is 2. The van der Waals surface area contributed by atoms with Gasteiger partial charge in [-0.15, -0.1) is 0 Å². The summed E-state index contributed by atoms with van der Waals surface area (Å²) in [6, 6.07) is 2.35. The molecule has 0 aromatic carbocycles. The molecule has 2 heteroatoms. The van der Waals surface area contributed by atoms with Gasteiger partial charge in [0, 0.05) is 12.2 Å². The number of hydrogen-bond acceptors (Lipinski definition) is 1. The highest BCUT2D eigenvalue weighted by molar-refractivity contribution is 5.02. The SMILES string of the molecule is [CH2]c1ccn(C(C)C)n1. The van der Waals surface area contributed by atoms with Crippen LogP contribution < -0.4 is 0 Å². The number of nitrogens with zero attached hydrogens (tertiary/aromatic N) is 2. The zero-order valence-electron chi connectivity index (χ0n) is 5.83. The van der Waals surface area contributed by atoms with Crippen LogP contribution in [-0.4, -0.2) is 9.78 Å². The van der Waals surface area contributed by atoms with Crippen LogP contribution in [0.2, 0.25) is 0 Å². The van der Waals surface area contributed by atoms with Crippen LogP contribution in [0.5, 0.6) is 0 Å². The quantitative estimate of drug-likeness (QED) is 0.555. The Balaban J connectivity index is 2.85. The van der Waals surface area contributed by atoms with Gasteiger partial charge in [-0.1, -0.05) is 0 Å². The fraction of sp³-hybridized carbons (Fsp3) is 0.429. The molecule has 0 spiro atoms. The van der Waals surface area contributed by atoms with Gasteiger partial charge in [0.25, 0.3) is 0 Å². The Hall–Kier alpha value is -0.790. The molecule has 0 aliphatic heterocycles. The van der Waals surface area contributed by atoms with Gasteiger partial charge in [-0.25, -0.2) is 0 Å².